The summed E-state index contributed by atoms with van der Waals surface area (Å²) in [6.07, 6.45) is -2.41. The Morgan fingerprint density at radius 2 is 2.25 bits per heavy atom. The van der Waals surface area contributed by atoms with E-state index >= 15 is 0 Å². The molecule has 1 fully saturated rings. The van der Waals surface area contributed by atoms with Gasteiger partial charge in [-0.1, -0.05) is 0 Å². The maximum Gasteiger partial charge on any atom is 0.218 e. The first kappa shape index (κ1) is 11.3. The zero-order valence-electron chi connectivity index (χ0n) is 8.47. The molecule has 2 heterocycles. The van der Waals surface area contributed by atoms with Gasteiger partial charge in [-0.3, -0.25) is 0 Å². The number of hydrogen-bond donors (Lipinski definition) is 4. The van der Waals surface area contributed by atoms with Gasteiger partial charge in [-0.05, 0) is 0 Å². The SMILES string of the molecule is NC1=NCN([C@@H]2O[C@H](CO)[C@@H](O)[C@H]2O)C=N1. The van der Waals surface area contributed by atoms with Crippen molar-refractivity contribution in [1.82, 2.24) is 4.90 Å². The number of aliphatic imine (C=N–C) groups is 2. The van der Waals surface area contributed by atoms with Crippen LogP contribution >= 0.6 is 0 Å². The predicted molar refractivity (Wildman–Crippen MR) is 54.6 cm³/mol. The Hall–Kier alpha value is -1.22. The first-order valence-electron chi connectivity index (χ1n) is 4.86. The van der Waals surface area contributed by atoms with Crippen molar-refractivity contribution in [1.29, 1.82) is 0 Å². The van der Waals surface area contributed by atoms with Crippen LogP contribution in [0.4, 0.5) is 0 Å². The van der Waals surface area contributed by atoms with Crippen molar-refractivity contribution in [2.24, 2.45) is 15.7 Å². The monoisotopic (exact) mass is 230 g/mol. The van der Waals surface area contributed by atoms with E-state index in [1.807, 2.05) is 0 Å². The first-order valence-corrected chi connectivity index (χ1v) is 4.86. The Kier molecular flexibility index (Phi) is 3.06. The van der Waals surface area contributed by atoms with Crippen LogP contribution in [-0.2, 0) is 4.74 Å². The molecule has 0 saturated carbocycles. The Bertz CT molecular complexity index is 321. The highest BCUT2D eigenvalue weighted by molar-refractivity contribution is 5.87. The van der Waals surface area contributed by atoms with E-state index in [1.165, 1.54) is 11.2 Å². The summed E-state index contributed by atoms with van der Waals surface area (Å²) in [4.78, 5) is 9.11. The molecule has 90 valence electrons. The van der Waals surface area contributed by atoms with Crippen LogP contribution in [0.1, 0.15) is 0 Å². The summed E-state index contributed by atoms with van der Waals surface area (Å²) < 4.78 is 5.28. The molecule has 0 amide bonds. The van der Waals surface area contributed by atoms with Crippen LogP contribution < -0.4 is 5.73 Å². The molecule has 1 saturated heterocycles. The topological polar surface area (TPSA) is 124 Å². The zero-order chi connectivity index (χ0) is 11.7. The molecule has 0 aromatic heterocycles. The summed E-state index contributed by atoms with van der Waals surface area (Å²) >= 11 is 0. The lowest BCUT2D eigenvalue weighted by atomic mass is 10.1. The van der Waals surface area contributed by atoms with Crippen LogP contribution in [0, 0.1) is 0 Å². The smallest absolute Gasteiger partial charge is 0.218 e. The van der Waals surface area contributed by atoms with Crippen molar-refractivity contribution in [2.75, 3.05) is 13.3 Å². The van der Waals surface area contributed by atoms with Gasteiger partial charge in [0.05, 0.1) is 12.9 Å². The van der Waals surface area contributed by atoms with Crippen molar-refractivity contribution in [3.63, 3.8) is 0 Å². The lowest BCUT2D eigenvalue weighted by molar-refractivity contribution is -0.0693. The van der Waals surface area contributed by atoms with Gasteiger partial charge in [0.25, 0.3) is 0 Å². The maximum absolute atomic E-state index is 9.71. The summed E-state index contributed by atoms with van der Waals surface area (Å²) in [5.41, 5.74) is 5.34. The van der Waals surface area contributed by atoms with E-state index in [0.29, 0.717) is 0 Å². The van der Waals surface area contributed by atoms with E-state index in [-0.39, 0.29) is 19.2 Å². The molecule has 0 aliphatic carbocycles. The van der Waals surface area contributed by atoms with E-state index in [9.17, 15) is 10.2 Å². The lowest BCUT2D eigenvalue weighted by Gasteiger charge is -2.28. The molecule has 0 radical (unpaired) electrons. The Morgan fingerprint density at radius 3 is 2.75 bits per heavy atom. The summed E-state index contributed by atoms with van der Waals surface area (Å²) in [6, 6.07) is 0. The van der Waals surface area contributed by atoms with Gasteiger partial charge in [-0.15, -0.1) is 0 Å². The second kappa shape index (κ2) is 4.34. The quantitative estimate of drug-likeness (QED) is 0.402. The summed E-state index contributed by atoms with van der Waals surface area (Å²) in [5.74, 6) is 0.156. The standard InChI is InChI=1S/C8H14N4O4/c9-8-10-2-12(3-11-8)7-6(15)5(14)4(1-13)16-7/h2,4-7,13-15H,1,3H2,(H2,9,11)/t4-,5-,6-,7-/m1/s1. The van der Waals surface area contributed by atoms with Crippen LogP contribution in [-0.4, -0.2) is 70.3 Å². The Balaban J connectivity index is 2.04. The lowest BCUT2D eigenvalue weighted by Crippen LogP contribution is -2.45. The second-order valence-corrected chi connectivity index (χ2v) is 3.65. The van der Waals surface area contributed by atoms with Crippen molar-refractivity contribution in [2.45, 2.75) is 24.5 Å². The van der Waals surface area contributed by atoms with Crippen LogP contribution in [0.15, 0.2) is 9.98 Å². The van der Waals surface area contributed by atoms with Gasteiger partial charge in [-0.2, -0.15) is 0 Å². The van der Waals surface area contributed by atoms with Crippen LogP contribution in [0.3, 0.4) is 0 Å². The van der Waals surface area contributed by atoms with Crippen molar-refractivity contribution < 1.29 is 20.1 Å². The van der Waals surface area contributed by atoms with Crippen molar-refractivity contribution >= 4 is 12.3 Å². The number of rotatable bonds is 2. The van der Waals surface area contributed by atoms with Gasteiger partial charge >= 0.3 is 0 Å². The molecule has 5 N–H and O–H groups in total. The molecule has 0 unspecified atom stereocenters. The van der Waals surface area contributed by atoms with Gasteiger partial charge in [0, 0.05) is 0 Å². The van der Waals surface area contributed by atoms with E-state index in [2.05, 4.69) is 9.98 Å². The van der Waals surface area contributed by atoms with Crippen LogP contribution in [0.2, 0.25) is 0 Å². The highest BCUT2D eigenvalue weighted by Gasteiger charge is 2.44. The molecule has 2 aliphatic heterocycles. The third-order valence-electron chi connectivity index (χ3n) is 2.58. The van der Waals surface area contributed by atoms with E-state index in [4.69, 9.17) is 15.6 Å². The molecular weight excluding hydrogens is 216 g/mol. The minimum absolute atomic E-state index is 0.156. The minimum atomic E-state index is -1.12. The van der Waals surface area contributed by atoms with E-state index in [1.54, 1.807) is 0 Å². The molecule has 0 spiro atoms. The molecule has 0 aromatic carbocycles. The molecule has 2 aliphatic rings. The molecule has 8 heteroatoms. The summed E-state index contributed by atoms with van der Waals surface area (Å²) in [6.45, 7) is -0.160. The van der Waals surface area contributed by atoms with Crippen LogP contribution in [0.5, 0.6) is 0 Å². The second-order valence-electron chi connectivity index (χ2n) is 3.65. The molecule has 4 atom stereocenters. The fourth-order valence-corrected chi connectivity index (χ4v) is 1.66. The fourth-order valence-electron chi connectivity index (χ4n) is 1.66. The summed E-state index contributed by atoms with van der Waals surface area (Å²) in [5, 5.41) is 28.2. The predicted octanol–water partition coefficient (Wildman–Crippen LogP) is -2.96. The molecular formula is C8H14N4O4. The highest BCUT2D eigenvalue weighted by Crippen LogP contribution is 2.23. The minimum Gasteiger partial charge on any atom is -0.394 e. The van der Waals surface area contributed by atoms with Gasteiger partial charge in [0.2, 0.25) is 5.96 Å². The zero-order valence-corrected chi connectivity index (χ0v) is 8.47. The van der Waals surface area contributed by atoms with Gasteiger partial charge in [0.1, 0.15) is 25.0 Å². The first-order chi connectivity index (χ1) is 7.63. The largest absolute Gasteiger partial charge is 0.394 e. The molecule has 0 aromatic rings. The summed E-state index contributed by atoms with van der Waals surface area (Å²) in [7, 11) is 0. The third kappa shape index (κ3) is 1.87. The fraction of sp³-hybridized carbons (Fsp3) is 0.750. The van der Waals surface area contributed by atoms with E-state index < -0.39 is 24.5 Å². The molecule has 16 heavy (non-hydrogen) atoms. The van der Waals surface area contributed by atoms with Gasteiger partial charge in [0.15, 0.2) is 6.23 Å². The molecule has 8 nitrogen and oxygen atoms in total. The number of hydrogen-bond acceptors (Lipinski definition) is 8. The van der Waals surface area contributed by atoms with Gasteiger partial charge in [-0.25, -0.2) is 9.98 Å². The number of aliphatic hydroxyl groups is 3. The number of nitrogens with two attached hydrogens (primary N) is 1. The molecule has 2 rings (SSSR count). The van der Waals surface area contributed by atoms with Crippen molar-refractivity contribution in [3.8, 4) is 0 Å². The number of guanidine groups is 1. The average molecular weight is 230 g/mol. The number of ether oxygens (including phenoxy) is 1. The number of nitrogens with zero attached hydrogens (tertiary/aromatic N) is 3. The van der Waals surface area contributed by atoms with Crippen molar-refractivity contribution in [3.05, 3.63) is 0 Å². The Labute approximate surface area is 91.7 Å². The Morgan fingerprint density at radius 1 is 1.50 bits per heavy atom. The average Bonchev–Trinajstić information content (AvgIpc) is 2.57. The highest BCUT2D eigenvalue weighted by atomic mass is 16.6. The molecule has 0 bridgehead atoms. The van der Waals surface area contributed by atoms with E-state index in [0.717, 1.165) is 0 Å². The maximum atomic E-state index is 9.71. The number of aliphatic hydroxyl groups excluding tert-OH is 3. The van der Waals surface area contributed by atoms with Gasteiger partial charge < -0.3 is 30.7 Å². The third-order valence-corrected chi connectivity index (χ3v) is 2.58. The van der Waals surface area contributed by atoms with Crippen LogP contribution in [0.25, 0.3) is 0 Å². The normalized spacial score (nSPS) is 38.9.